The fourth-order valence-corrected chi connectivity index (χ4v) is 2.79. The van der Waals surface area contributed by atoms with Crippen LogP contribution in [-0.2, 0) is 0 Å². The summed E-state index contributed by atoms with van der Waals surface area (Å²) in [7, 11) is 0. The third-order valence-electron chi connectivity index (χ3n) is 4.20. The Morgan fingerprint density at radius 1 is 0.550 bits per heavy atom. The number of hydrogen-bond donors (Lipinski definition) is 0. The first-order valence-corrected chi connectivity index (χ1v) is 9.39. The van der Waals surface area contributed by atoms with Gasteiger partial charge in [-0.25, -0.2) is 0 Å². The van der Waals surface area contributed by atoms with E-state index in [9.17, 15) is 0 Å². The van der Waals surface area contributed by atoms with Crippen LogP contribution in [0.25, 0.3) is 0 Å². The first-order valence-electron chi connectivity index (χ1n) is 9.39. The maximum absolute atomic E-state index is 4.04. The Bertz CT molecular complexity index is 159. The molecule has 0 aromatic carbocycles. The van der Waals surface area contributed by atoms with Crippen LogP contribution in [0.3, 0.4) is 0 Å². The van der Waals surface area contributed by atoms with Crippen molar-refractivity contribution >= 4 is 0 Å². The first kappa shape index (κ1) is 20.0. The van der Waals surface area contributed by atoms with Gasteiger partial charge in [-0.2, -0.15) is 0 Å². The molecule has 0 amide bonds. The molecule has 120 valence electrons. The lowest BCUT2D eigenvalue weighted by Gasteiger charge is -2.04. The zero-order valence-corrected chi connectivity index (χ0v) is 14.3. The molecule has 0 nitrogen and oxygen atoms in total. The maximum Gasteiger partial charge on any atom is -0.0443 e. The van der Waals surface area contributed by atoms with Gasteiger partial charge in [0.15, 0.2) is 0 Å². The second-order valence-electron chi connectivity index (χ2n) is 6.70. The standard InChI is InChI=1S/C20H40/c1-4-5-6-7-8-9-10-11-12-13-14-15-16-17-18-19-20(2)3/h20H,1-2,4-19H2,3H3. The molecule has 0 N–H and O–H groups in total. The molecule has 0 fully saturated rings. The number of hydrogen-bond acceptors (Lipinski definition) is 0. The normalized spacial score (nSPS) is 11.4. The smallest absolute Gasteiger partial charge is 0.0443 e. The van der Waals surface area contributed by atoms with Gasteiger partial charge < -0.3 is 0 Å². The van der Waals surface area contributed by atoms with E-state index in [1.54, 1.807) is 0 Å². The zero-order chi connectivity index (χ0) is 14.9. The Hall–Kier alpha value is 0. The summed E-state index contributed by atoms with van der Waals surface area (Å²) in [4.78, 5) is 0. The zero-order valence-electron chi connectivity index (χ0n) is 14.3. The minimum Gasteiger partial charge on any atom is -0.0625 e. The van der Waals surface area contributed by atoms with Gasteiger partial charge in [-0.3, -0.25) is 0 Å². The average Bonchev–Trinajstić information content (AvgIpc) is 2.43. The molecular weight excluding hydrogens is 240 g/mol. The topological polar surface area (TPSA) is 0 Å². The molecule has 0 bridgehead atoms. The second kappa shape index (κ2) is 17.1. The summed E-state index contributed by atoms with van der Waals surface area (Å²) >= 11 is 0. The highest BCUT2D eigenvalue weighted by Gasteiger charge is 1.95. The lowest BCUT2D eigenvalue weighted by Crippen LogP contribution is -1.87. The lowest BCUT2D eigenvalue weighted by molar-refractivity contribution is 0.517. The van der Waals surface area contributed by atoms with Gasteiger partial charge in [-0.05, 0) is 5.92 Å². The molecule has 0 saturated carbocycles. The van der Waals surface area contributed by atoms with Gasteiger partial charge in [0.25, 0.3) is 0 Å². The van der Waals surface area contributed by atoms with Gasteiger partial charge in [0.1, 0.15) is 0 Å². The molecule has 0 aliphatic rings. The minimum absolute atomic E-state index is 0.647. The molecule has 2 radical (unpaired) electrons. The van der Waals surface area contributed by atoms with Crippen LogP contribution in [0.2, 0.25) is 0 Å². The highest BCUT2D eigenvalue weighted by molar-refractivity contribution is 4.55. The van der Waals surface area contributed by atoms with E-state index in [4.69, 9.17) is 0 Å². The van der Waals surface area contributed by atoms with E-state index < -0.39 is 0 Å². The third-order valence-corrected chi connectivity index (χ3v) is 4.20. The van der Waals surface area contributed by atoms with Crippen LogP contribution in [0.4, 0.5) is 0 Å². The van der Waals surface area contributed by atoms with E-state index >= 15 is 0 Å². The van der Waals surface area contributed by atoms with Crippen LogP contribution in [0, 0.1) is 19.8 Å². The number of rotatable bonds is 16. The van der Waals surface area contributed by atoms with Crippen LogP contribution in [0.1, 0.15) is 110 Å². The molecule has 0 heteroatoms. The predicted octanol–water partition coefficient (Wildman–Crippen LogP) is 7.53. The molecular formula is C20H40. The first-order chi connectivity index (χ1) is 9.77. The molecule has 0 aliphatic heterocycles. The third kappa shape index (κ3) is 18.0. The monoisotopic (exact) mass is 280 g/mol. The van der Waals surface area contributed by atoms with Crippen molar-refractivity contribution < 1.29 is 0 Å². The summed E-state index contributed by atoms with van der Waals surface area (Å²) in [5.41, 5.74) is 0. The van der Waals surface area contributed by atoms with Crippen LogP contribution >= 0.6 is 0 Å². The van der Waals surface area contributed by atoms with Gasteiger partial charge >= 0.3 is 0 Å². The SMILES string of the molecule is [CH2]CCCCCCCCCCCCCCCCC([CH2])C. The fourth-order valence-electron chi connectivity index (χ4n) is 2.79. The summed E-state index contributed by atoms with van der Waals surface area (Å²) in [6, 6.07) is 0. The lowest BCUT2D eigenvalue weighted by atomic mass is 10.0. The van der Waals surface area contributed by atoms with Crippen molar-refractivity contribution in [3.8, 4) is 0 Å². The van der Waals surface area contributed by atoms with E-state index in [0.717, 1.165) is 6.42 Å². The Balaban J connectivity index is 2.92. The van der Waals surface area contributed by atoms with Gasteiger partial charge in [0.05, 0.1) is 0 Å². The molecule has 0 spiro atoms. The Kier molecular flexibility index (Phi) is 17.1. The number of unbranched alkanes of at least 4 members (excludes halogenated alkanes) is 14. The molecule has 20 heavy (non-hydrogen) atoms. The quantitative estimate of drug-likeness (QED) is 0.256. The highest BCUT2D eigenvalue weighted by atomic mass is 14.0. The van der Waals surface area contributed by atoms with Gasteiger partial charge in [-0.15, -0.1) is 0 Å². The van der Waals surface area contributed by atoms with Crippen molar-refractivity contribution in [2.24, 2.45) is 5.92 Å². The second-order valence-corrected chi connectivity index (χ2v) is 6.70. The minimum atomic E-state index is 0.647. The molecule has 1 unspecified atom stereocenters. The van der Waals surface area contributed by atoms with Crippen molar-refractivity contribution in [1.82, 2.24) is 0 Å². The van der Waals surface area contributed by atoms with Crippen LogP contribution in [0.15, 0.2) is 0 Å². The molecule has 0 aliphatic carbocycles. The van der Waals surface area contributed by atoms with Crippen molar-refractivity contribution in [3.63, 3.8) is 0 Å². The molecule has 1 atom stereocenters. The summed E-state index contributed by atoms with van der Waals surface area (Å²) < 4.78 is 0. The highest BCUT2D eigenvalue weighted by Crippen LogP contribution is 2.14. The van der Waals surface area contributed by atoms with E-state index in [0.29, 0.717) is 5.92 Å². The Labute approximate surface area is 130 Å². The van der Waals surface area contributed by atoms with Gasteiger partial charge in [0, 0.05) is 0 Å². The largest absolute Gasteiger partial charge is 0.0625 e. The van der Waals surface area contributed by atoms with E-state index in [-0.39, 0.29) is 0 Å². The predicted molar refractivity (Wildman–Crippen MR) is 93.8 cm³/mol. The maximum atomic E-state index is 4.04. The van der Waals surface area contributed by atoms with Crippen LogP contribution in [0.5, 0.6) is 0 Å². The molecule has 0 aromatic rings. The average molecular weight is 281 g/mol. The van der Waals surface area contributed by atoms with Gasteiger partial charge in [-0.1, -0.05) is 124 Å². The molecule has 0 rings (SSSR count). The molecule has 0 aromatic heterocycles. The van der Waals surface area contributed by atoms with Crippen LogP contribution in [-0.4, -0.2) is 0 Å². The van der Waals surface area contributed by atoms with Crippen molar-refractivity contribution in [2.75, 3.05) is 0 Å². The Morgan fingerprint density at radius 3 is 1.15 bits per heavy atom. The summed E-state index contributed by atoms with van der Waals surface area (Å²) in [6.07, 6.45) is 22.5. The van der Waals surface area contributed by atoms with E-state index in [2.05, 4.69) is 20.8 Å². The molecule has 0 saturated heterocycles. The Morgan fingerprint density at radius 2 is 0.850 bits per heavy atom. The summed E-state index contributed by atoms with van der Waals surface area (Å²) in [6.45, 7) is 10.2. The van der Waals surface area contributed by atoms with Crippen LogP contribution < -0.4 is 0 Å². The van der Waals surface area contributed by atoms with Gasteiger partial charge in [0.2, 0.25) is 0 Å². The van der Waals surface area contributed by atoms with Crippen molar-refractivity contribution in [2.45, 2.75) is 110 Å². The molecule has 0 heterocycles. The summed E-state index contributed by atoms with van der Waals surface area (Å²) in [5, 5.41) is 0. The van der Waals surface area contributed by atoms with Crippen molar-refractivity contribution in [3.05, 3.63) is 13.8 Å². The van der Waals surface area contributed by atoms with E-state index in [1.807, 2.05) is 0 Å². The van der Waals surface area contributed by atoms with E-state index in [1.165, 1.54) is 96.3 Å². The fraction of sp³-hybridized carbons (Fsp3) is 0.900. The van der Waals surface area contributed by atoms with Crippen molar-refractivity contribution in [1.29, 1.82) is 0 Å². The summed E-state index contributed by atoms with van der Waals surface area (Å²) in [5.74, 6) is 0.647.